The van der Waals surface area contributed by atoms with Crippen molar-refractivity contribution in [3.63, 3.8) is 0 Å². The highest BCUT2D eigenvalue weighted by Gasteiger charge is 2.36. The quantitative estimate of drug-likeness (QED) is 0.499. The molecule has 0 aromatic rings. The first kappa shape index (κ1) is 17.4. The van der Waals surface area contributed by atoms with Gasteiger partial charge in [-0.05, 0) is 39.6 Å². The van der Waals surface area contributed by atoms with Crippen molar-refractivity contribution in [2.75, 3.05) is 45.2 Å². The molecule has 0 aliphatic carbocycles. The Morgan fingerprint density at radius 3 is 2.91 bits per heavy atom. The SMILES string of the molecule is CCNC(=NCC1(N(C)C)CCSC1)NC1CCC(=O)NC1. The summed E-state index contributed by atoms with van der Waals surface area (Å²) in [6, 6.07) is 0.267. The second-order valence-corrected chi connectivity index (χ2v) is 7.41. The van der Waals surface area contributed by atoms with Crippen molar-refractivity contribution in [3.8, 4) is 0 Å². The summed E-state index contributed by atoms with van der Waals surface area (Å²) in [4.78, 5) is 18.4. The molecule has 1 amide bonds. The van der Waals surface area contributed by atoms with E-state index in [1.165, 1.54) is 12.2 Å². The van der Waals surface area contributed by atoms with Gasteiger partial charge in [-0.2, -0.15) is 11.8 Å². The monoisotopic (exact) mass is 327 g/mol. The highest BCUT2D eigenvalue weighted by molar-refractivity contribution is 7.99. The molecule has 6 nitrogen and oxygen atoms in total. The van der Waals surface area contributed by atoms with Crippen LogP contribution in [0.15, 0.2) is 4.99 Å². The first-order valence-corrected chi connectivity index (χ1v) is 9.28. The van der Waals surface area contributed by atoms with Gasteiger partial charge >= 0.3 is 0 Å². The third-order valence-corrected chi connectivity index (χ3v) is 5.75. The van der Waals surface area contributed by atoms with E-state index in [0.717, 1.165) is 31.2 Å². The van der Waals surface area contributed by atoms with E-state index < -0.39 is 0 Å². The Bertz CT molecular complexity index is 397. The second kappa shape index (κ2) is 8.06. The number of carbonyl (C=O) groups is 1. The van der Waals surface area contributed by atoms with E-state index in [1.54, 1.807) is 0 Å². The molecule has 2 rings (SSSR count). The van der Waals surface area contributed by atoms with Crippen molar-refractivity contribution in [2.24, 2.45) is 4.99 Å². The van der Waals surface area contributed by atoms with Crippen LogP contribution in [-0.4, -0.2) is 73.6 Å². The van der Waals surface area contributed by atoms with Crippen LogP contribution in [0.5, 0.6) is 0 Å². The van der Waals surface area contributed by atoms with Crippen molar-refractivity contribution in [2.45, 2.75) is 37.8 Å². The summed E-state index contributed by atoms with van der Waals surface area (Å²) < 4.78 is 0. The zero-order valence-corrected chi connectivity index (χ0v) is 14.8. The molecule has 126 valence electrons. The number of likely N-dealkylation sites (N-methyl/N-ethyl adjacent to an activating group) is 1. The molecule has 2 atom stereocenters. The van der Waals surface area contributed by atoms with E-state index >= 15 is 0 Å². The van der Waals surface area contributed by atoms with Gasteiger partial charge in [-0.1, -0.05) is 0 Å². The number of hydrogen-bond acceptors (Lipinski definition) is 4. The number of hydrogen-bond donors (Lipinski definition) is 3. The lowest BCUT2D eigenvalue weighted by atomic mass is 9.98. The number of nitrogens with one attached hydrogen (secondary N) is 3. The molecule has 2 heterocycles. The third kappa shape index (κ3) is 4.52. The largest absolute Gasteiger partial charge is 0.357 e. The lowest BCUT2D eigenvalue weighted by molar-refractivity contribution is -0.122. The van der Waals surface area contributed by atoms with Crippen LogP contribution in [0.2, 0.25) is 0 Å². The van der Waals surface area contributed by atoms with Crippen molar-refractivity contribution < 1.29 is 4.79 Å². The third-order valence-electron chi connectivity index (χ3n) is 4.51. The Morgan fingerprint density at radius 2 is 2.36 bits per heavy atom. The molecule has 2 unspecified atom stereocenters. The van der Waals surface area contributed by atoms with Crippen molar-refractivity contribution >= 4 is 23.6 Å². The molecule has 0 bridgehead atoms. The molecular formula is C15H29N5OS. The van der Waals surface area contributed by atoms with Gasteiger partial charge in [-0.25, -0.2) is 0 Å². The summed E-state index contributed by atoms with van der Waals surface area (Å²) in [5.74, 6) is 3.37. The summed E-state index contributed by atoms with van der Waals surface area (Å²) in [5.41, 5.74) is 0.174. The number of amides is 1. The molecule has 2 fully saturated rings. The molecule has 2 aliphatic heterocycles. The average Bonchev–Trinajstić information content (AvgIpc) is 2.98. The molecule has 0 saturated carbocycles. The molecule has 3 N–H and O–H groups in total. The second-order valence-electron chi connectivity index (χ2n) is 6.30. The fourth-order valence-corrected chi connectivity index (χ4v) is 4.35. The summed E-state index contributed by atoms with van der Waals surface area (Å²) >= 11 is 2.01. The lowest BCUT2D eigenvalue weighted by Crippen LogP contribution is -2.52. The van der Waals surface area contributed by atoms with Gasteiger partial charge in [0.15, 0.2) is 5.96 Å². The van der Waals surface area contributed by atoms with E-state index in [2.05, 4.69) is 41.9 Å². The van der Waals surface area contributed by atoms with E-state index in [9.17, 15) is 4.79 Å². The highest BCUT2D eigenvalue weighted by Crippen LogP contribution is 2.32. The Labute approximate surface area is 137 Å². The smallest absolute Gasteiger partial charge is 0.220 e. The molecule has 0 radical (unpaired) electrons. The standard InChI is InChI=1S/C15H29N5OS/c1-4-16-14(19-12-5-6-13(21)17-9-12)18-10-15(20(2)3)7-8-22-11-15/h12H,4-11H2,1-3H3,(H,17,21)(H2,16,18,19). The summed E-state index contributed by atoms with van der Waals surface area (Å²) in [6.07, 6.45) is 2.65. The number of piperidine rings is 1. The Morgan fingerprint density at radius 1 is 1.55 bits per heavy atom. The molecule has 7 heteroatoms. The fourth-order valence-electron chi connectivity index (χ4n) is 2.81. The molecule has 2 saturated heterocycles. The lowest BCUT2D eigenvalue weighted by Gasteiger charge is -2.34. The van der Waals surface area contributed by atoms with Gasteiger partial charge in [-0.15, -0.1) is 0 Å². The van der Waals surface area contributed by atoms with Gasteiger partial charge in [-0.3, -0.25) is 9.79 Å². The predicted molar refractivity (Wildman–Crippen MR) is 93.5 cm³/mol. The average molecular weight is 327 g/mol. The van der Waals surface area contributed by atoms with Gasteiger partial charge in [0.2, 0.25) is 5.91 Å². The summed E-state index contributed by atoms with van der Waals surface area (Å²) in [6.45, 7) is 4.40. The van der Waals surface area contributed by atoms with Gasteiger partial charge in [0.25, 0.3) is 0 Å². The van der Waals surface area contributed by atoms with E-state index in [0.29, 0.717) is 13.0 Å². The van der Waals surface area contributed by atoms with Crippen LogP contribution in [0.25, 0.3) is 0 Å². The number of nitrogens with zero attached hydrogens (tertiary/aromatic N) is 2. The van der Waals surface area contributed by atoms with Crippen molar-refractivity contribution in [1.29, 1.82) is 0 Å². The van der Waals surface area contributed by atoms with E-state index in [4.69, 9.17) is 4.99 Å². The topological polar surface area (TPSA) is 68.8 Å². The van der Waals surface area contributed by atoms with E-state index in [-0.39, 0.29) is 17.5 Å². The maximum absolute atomic E-state index is 11.2. The van der Waals surface area contributed by atoms with Crippen LogP contribution in [0.1, 0.15) is 26.2 Å². The normalized spacial score (nSPS) is 29.5. The highest BCUT2D eigenvalue weighted by atomic mass is 32.2. The minimum Gasteiger partial charge on any atom is -0.357 e. The van der Waals surface area contributed by atoms with Gasteiger partial charge in [0.05, 0.1) is 6.54 Å². The maximum atomic E-state index is 11.2. The maximum Gasteiger partial charge on any atom is 0.220 e. The Kier molecular flexibility index (Phi) is 6.37. The molecule has 0 aromatic carbocycles. The van der Waals surface area contributed by atoms with Gasteiger partial charge in [0.1, 0.15) is 0 Å². The fraction of sp³-hybridized carbons (Fsp3) is 0.867. The van der Waals surface area contributed by atoms with Gasteiger partial charge in [0, 0.05) is 36.8 Å². The summed E-state index contributed by atoms with van der Waals surface area (Å²) in [7, 11) is 4.30. The van der Waals surface area contributed by atoms with Crippen molar-refractivity contribution in [3.05, 3.63) is 0 Å². The van der Waals surface area contributed by atoms with Gasteiger partial charge < -0.3 is 20.9 Å². The molecule has 22 heavy (non-hydrogen) atoms. The Hall–Kier alpha value is -0.950. The van der Waals surface area contributed by atoms with Crippen LogP contribution in [-0.2, 0) is 4.79 Å². The van der Waals surface area contributed by atoms with E-state index in [1.807, 2.05) is 11.8 Å². The number of guanidine groups is 1. The summed E-state index contributed by atoms with van der Waals surface area (Å²) in [5, 5.41) is 9.69. The molecule has 0 spiro atoms. The predicted octanol–water partition coefficient (Wildman–Crippen LogP) is 0.257. The minimum absolute atomic E-state index is 0.148. The number of rotatable bonds is 5. The Balaban J connectivity index is 1.95. The van der Waals surface area contributed by atoms with Crippen LogP contribution in [0.4, 0.5) is 0 Å². The zero-order valence-electron chi connectivity index (χ0n) is 13.9. The number of carbonyl (C=O) groups excluding carboxylic acids is 1. The first-order valence-electron chi connectivity index (χ1n) is 8.12. The minimum atomic E-state index is 0.148. The number of thioether (sulfide) groups is 1. The first-order chi connectivity index (χ1) is 10.6. The van der Waals surface area contributed by atoms with Crippen molar-refractivity contribution in [1.82, 2.24) is 20.9 Å². The molecular weight excluding hydrogens is 298 g/mol. The van der Waals surface area contributed by atoms with Crippen LogP contribution >= 0.6 is 11.8 Å². The zero-order chi connectivity index (χ0) is 16.0. The molecule has 2 aliphatic rings. The van der Waals surface area contributed by atoms with Crippen LogP contribution in [0.3, 0.4) is 0 Å². The van der Waals surface area contributed by atoms with Crippen LogP contribution in [0, 0.1) is 0 Å². The number of aliphatic imine (C=N–C) groups is 1. The van der Waals surface area contributed by atoms with Crippen LogP contribution < -0.4 is 16.0 Å². The molecule has 0 aromatic heterocycles.